The molecule has 0 unspecified atom stereocenters. The largest absolute Gasteiger partial charge is 0.488 e. The van der Waals surface area contributed by atoms with Crippen molar-refractivity contribution in [3.63, 3.8) is 0 Å². The van der Waals surface area contributed by atoms with Gasteiger partial charge in [-0.2, -0.15) is 8.42 Å². The molecule has 1 saturated carbocycles. The van der Waals surface area contributed by atoms with Gasteiger partial charge in [0.1, 0.15) is 11.9 Å². The maximum Gasteiger partial charge on any atom is 0.280 e. The highest BCUT2D eigenvalue weighted by Crippen LogP contribution is 2.32. The third-order valence-electron chi connectivity index (χ3n) is 6.88. The Kier molecular flexibility index (Phi) is 7.91. The Morgan fingerprint density at radius 3 is 2.69 bits per heavy atom. The van der Waals surface area contributed by atoms with Gasteiger partial charge < -0.3 is 24.2 Å². The normalized spacial score (nSPS) is 21.8. The van der Waals surface area contributed by atoms with Crippen molar-refractivity contribution in [2.24, 2.45) is 18.9 Å². The molecule has 3 atom stereocenters. The van der Waals surface area contributed by atoms with Crippen molar-refractivity contribution in [1.29, 1.82) is 0 Å². The molecule has 1 amide bonds. The first-order valence-electron chi connectivity index (χ1n) is 12.4. The molecule has 1 aliphatic carbocycles. The second kappa shape index (κ2) is 10.8. The topological polar surface area (TPSA) is 117 Å². The minimum Gasteiger partial charge on any atom is -0.488 e. The van der Waals surface area contributed by atoms with Gasteiger partial charge in [0.2, 0.25) is 5.91 Å². The van der Waals surface area contributed by atoms with Gasteiger partial charge in [-0.05, 0) is 50.9 Å². The average Bonchev–Trinajstić information content (AvgIpc) is 3.51. The molecule has 198 valence electrons. The fraction of sp³-hybridized carbons (Fsp3) is 0.600. The second-order valence-corrected chi connectivity index (χ2v) is 12.0. The lowest BCUT2D eigenvalue weighted by atomic mass is 10.0. The Balaban J connectivity index is 1.63. The van der Waals surface area contributed by atoms with E-state index in [1.807, 2.05) is 6.92 Å². The Morgan fingerprint density at radius 2 is 2.06 bits per heavy atom. The Bertz CT molecular complexity index is 1180. The van der Waals surface area contributed by atoms with Gasteiger partial charge >= 0.3 is 0 Å². The van der Waals surface area contributed by atoms with E-state index in [2.05, 4.69) is 28.6 Å². The monoisotopic (exact) mass is 519 g/mol. The van der Waals surface area contributed by atoms with Crippen LogP contribution < -0.4 is 9.46 Å². The summed E-state index contributed by atoms with van der Waals surface area (Å²) in [6, 6.07) is 4.68. The zero-order valence-corrected chi connectivity index (χ0v) is 22.2. The number of benzene rings is 1. The number of carbonyl (C=O) groups is 1. The van der Waals surface area contributed by atoms with Crippen molar-refractivity contribution in [2.45, 2.75) is 50.3 Å². The van der Waals surface area contributed by atoms with Crippen LogP contribution in [0.15, 0.2) is 35.7 Å². The number of aryl methyl sites for hydroxylation is 1. The van der Waals surface area contributed by atoms with Crippen molar-refractivity contribution >= 4 is 21.6 Å². The Morgan fingerprint density at radius 1 is 1.31 bits per heavy atom. The minimum atomic E-state index is -3.88. The van der Waals surface area contributed by atoms with Crippen LogP contribution in [0.3, 0.4) is 0 Å². The molecule has 2 aromatic rings. The molecule has 2 heterocycles. The average molecular weight is 520 g/mol. The number of carbonyl (C=O) groups excluding carboxylic acids is 1. The molecule has 1 aromatic carbocycles. The number of nitrogens with one attached hydrogen (secondary N) is 1. The molecule has 0 saturated heterocycles. The Labute approximate surface area is 213 Å². The van der Waals surface area contributed by atoms with Crippen molar-refractivity contribution in [2.75, 3.05) is 38.0 Å². The summed E-state index contributed by atoms with van der Waals surface area (Å²) in [5.41, 5.74) is 0.924. The zero-order chi connectivity index (χ0) is 26.0. The van der Waals surface area contributed by atoms with Crippen molar-refractivity contribution in [1.82, 2.24) is 19.4 Å². The van der Waals surface area contributed by atoms with Gasteiger partial charge in [-0.15, -0.1) is 0 Å². The number of aliphatic hydroxyl groups excluding tert-OH is 1. The summed E-state index contributed by atoms with van der Waals surface area (Å²) in [7, 11) is -0.0928. The van der Waals surface area contributed by atoms with E-state index in [0.29, 0.717) is 30.1 Å². The number of fused-ring (bicyclic) bond motifs is 1. The van der Waals surface area contributed by atoms with E-state index < -0.39 is 10.0 Å². The third kappa shape index (κ3) is 6.37. The number of aliphatic hydroxyl groups is 1. The SMILES string of the molecule is C[C@H]1CN([C@@H](C)CO)C(=O)Cc2cc(NS(=O)(=O)c3cn(C)cn3)ccc2O[C@H]1CN(C)CC1CC1. The highest BCUT2D eigenvalue weighted by molar-refractivity contribution is 7.92. The van der Waals surface area contributed by atoms with Crippen LogP contribution in [0.5, 0.6) is 5.75 Å². The maximum absolute atomic E-state index is 13.3. The number of imidazole rings is 1. The first-order valence-corrected chi connectivity index (χ1v) is 13.9. The predicted molar refractivity (Wildman–Crippen MR) is 136 cm³/mol. The van der Waals surface area contributed by atoms with Gasteiger partial charge in [0.25, 0.3) is 10.0 Å². The van der Waals surface area contributed by atoms with E-state index >= 15 is 0 Å². The number of amides is 1. The number of ether oxygens (including phenoxy) is 1. The fourth-order valence-electron chi connectivity index (χ4n) is 4.57. The lowest BCUT2D eigenvalue weighted by molar-refractivity contribution is -0.134. The Hall–Kier alpha value is -2.63. The predicted octanol–water partition coefficient (Wildman–Crippen LogP) is 1.71. The number of sulfonamides is 1. The van der Waals surface area contributed by atoms with Crippen LogP contribution in [0.25, 0.3) is 0 Å². The van der Waals surface area contributed by atoms with Crippen LogP contribution in [0.4, 0.5) is 5.69 Å². The highest BCUT2D eigenvalue weighted by Gasteiger charge is 2.32. The van der Waals surface area contributed by atoms with Crippen molar-refractivity contribution < 1.29 is 23.1 Å². The number of hydrogen-bond acceptors (Lipinski definition) is 7. The molecule has 4 rings (SSSR count). The summed E-state index contributed by atoms with van der Waals surface area (Å²) in [5, 5.41) is 9.71. The van der Waals surface area contributed by atoms with Crippen LogP contribution in [0.2, 0.25) is 0 Å². The lowest BCUT2D eigenvalue weighted by Crippen LogP contribution is -2.47. The summed E-state index contributed by atoms with van der Waals surface area (Å²) in [6.45, 7) is 5.96. The van der Waals surface area contributed by atoms with Gasteiger partial charge in [0, 0.05) is 50.0 Å². The molecule has 2 aliphatic rings. The van der Waals surface area contributed by atoms with E-state index in [4.69, 9.17) is 4.74 Å². The van der Waals surface area contributed by atoms with Gasteiger partial charge in [-0.1, -0.05) is 6.92 Å². The molecule has 10 nitrogen and oxygen atoms in total. The molecule has 0 radical (unpaired) electrons. The van der Waals surface area contributed by atoms with E-state index in [1.165, 1.54) is 25.4 Å². The summed E-state index contributed by atoms with van der Waals surface area (Å²) >= 11 is 0. The fourth-order valence-corrected chi connectivity index (χ4v) is 5.60. The smallest absolute Gasteiger partial charge is 0.280 e. The molecular weight excluding hydrogens is 482 g/mol. The molecule has 0 spiro atoms. The van der Waals surface area contributed by atoms with Crippen LogP contribution >= 0.6 is 0 Å². The van der Waals surface area contributed by atoms with E-state index in [9.17, 15) is 18.3 Å². The number of hydrogen-bond donors (Lipinski definition) is 2. The van der Waals surface area contributed by atoms with Gasteiger partial charge in [-0.3, -0.25) is 9.52 Å². The van der Waals surface area contributed by atoms with Gasteiger partial charge in [0.15, 0.2) is 5.03 Å². The molecule has 36 heavy (non-hydrogen) atoms. The van der Waals surface area contributed by atoms with Crippen LogP contribution in [0, 0.1) is 11.8 Å². The maximum atomic E-state index is 13.3. The molecule has 11 heteroatoms. The quantitative estimate of drug-likeness (QED) is 0.518. The molecule has 2 N–H and O–H groups in total. The standard InChI is InChI=1S/C25H37N5O5S/c1-17-11-30(18(2)15-31)25(32)10-20-9-21(27-36(33,34)24-14-29(4)16-26-24)7-8-22(20)35-23(17)13-28(3)12-19-5-6-19/h7-9,14,16-19,23,27,31H,5-6,10-13,15H2,1-4H3/t17-,18-,23-/m0/s1. The van der Waals surface area contributed by atoms with Crippen molar-refractivity contribution in [3.05, 3.63) is 36.3 Å². The summed E-state index contributed by atoms with van der Waals surface area (Å²) in [5.74, 6) is 1.21. The van der Waals surface area contributed by atoms with Crippen LogP contribution in [0.1, 0.15) is 32.3 Å². The van der Waals surface area contributed by atoms with E-state index in [1.54, 1.807) is 34.7 Å². The number of likely N-dealkylation sites (N-methyl/N-ethyl adjacent to an activating group) is 1. The molecule has 0 bridgehead atoms. The number of aromatic nitrogens is 2. The van der Waals surface area contributed by atoms with Crippen LogP contribution in [-0.2, 0) is 28.3 Å². The summed E-state index contributed by atoms with van der Waals surface area (Å²) in [6.07, 6.45) is 5.23. The summed E-state index contributed by atoms with van der Waals surface area (Å²) in [4.78, 5) is 21.3. The zero-order valence-electron chi connectivity index (χ0n) is 21.4. The van der Waals surface area contributed by atoms with Gasteiger partial charge in [0.05, 0.1) is 25.4 Å². The molecule has 1 fully saturated rings. The number of anilines is 1. The summed E-state index contributed by atoms with van der Waals surface area (Å²) < 4.78 is 36.2. The highest BCUT2D eigenvalue weighted by atomic mass is 32.2. The third-order valence-corrected chi connectivity index (χ3v) is 8.15. The number of rotatable bonds is 9. The minimum absolute atomic E-state index is 0.0258. The van der Waals surface area contributed by atoms with E-state index in [0.717, 1.165) is 12.5 Å². The molecule has 1 aromatic heterocycles. The second-order valence-electron chi connectivity index (χ2n) is 10.4. The molecule has 1 aliphatic heterocycles. The first-order chi connectivity index (χ1) is 17.1. The number of nitrogens with zero attached hydrogens (tertiary/aromatic N) is 4. The van der Waals surface area contributed by atoms with Crippen molar-refractivity contribution in [3.8, 4) is 5.75 Å². The first kappa shape index (κ1) is 26.4. The molecular formula is C25H37N5O5S. The van der Waals surface area contributed by atoms with Gasteiger partial charge in [-0.25, -0.2) is 4.98 Å². The lowest BCUT2D eigenvalue weighted by Gasteiger charge is -2.34. The van der Waals surface area contributed by atoms with E-state index in [-0.39, 0.29) is 42.0 Å². The van der Waals surface area contributed by atoms with Crippen LogP contribution in [-0.4, -0.2) is 84.2 Å².